The van der Waals surface area contributed by atoms with Crippen LogP contribution in [-0.2, 0) is 4.79 Å². The van der Waals surface area contributed by atoms with Gasteiger partial charge in [0, 0.05) is 18.7 Å². The number of rotatable bonds is 2. The quantitative estimate of drug-likeness (QED) is 0.765. The third-order valence-corrected chi connectivity index (χ3v) is 3.21. The van der Waals surface area contributed by atoms with Crippen LogP contribution in [0.4, 0.5) is 5.82 Å². The normalized spacial score (nSPS) is 14.7. The molecule has 2 aromatic rings. The number of amides is 1. The molecule has 4 heteroatoms. The first-order chi connectivity index (χ1) is 9.29. The number of hydrogen-bond acceptors (Lipinski definition) is 2. The van der Waals surface area contributed by atoms with E-state index in [0.717, 1.165) is 12.1 Å². The van der Waals surface area contributed by atoms with Gasteiger partial charge in [0.15, 0.2) is 11.6 Å². The maximum absolute atomic E-state index is 11.7. The molecule has 1 aliphatic rings. The molecule has 3 rings (SSSR count). The van der Waals surface area contributed by atoms with Gasteiger partial charge in [-0.1, -0.05) is 18.2 Å². The Morgan fingerprint density at radius 1 is 1.26 bits per heavy atom. The van der Waals surface area contributed by atoms with Crippen molar-refractivity contribution in [1.29, 1.82) is 0 Å². The number of imidazole rings is 1. The van der Waals surface area contributed by atoms with Crippen LogP contribution in [0.5, 0.6) is 0 Å². The van der Waals surface area contributed by atoms with E-state index in [0.29, 0.717) is 24.6 Å². The number of terminal acetylenes is 1. The van der Waals surface area contributed by atoms with Gasteiger partial charge < -0.3 is 0 Å². The van der Waals surface area contributed by atoms with E-state index in [-0.39, 0.29) is 5.91 Å². The Bertz CT molecular complexity index is 652. The molecular formula is C15H13N3O. The first-order valence-electron chi connectivity index (χ1n) is 6.21. The molecule has 0 aliphatic carbocycles. The first-order valence-corrected chi connectivity index (χ1v) is 6.21. The number of para-hydroxylation sites is 1. The molecule has 1 aliphatic heterocycles. The van der Waals surface area contributed by atoms with Crippen molar-refractivity contribution < 1.29 is 4.79 Å². The monoisotopic (exact) mass is 251 g/mol. The minimum absolute atomic E-state index is 0.112. The van der Waals surface area contributed by atoms with E-state index in [2.05, 4.69) is 10.9 Å². The van der Waals surface area contributed by atoms with Crippen LogP contribution in [0.1, 0.15) is 18.7 Å². The highest BCUT2D eigenvalue weighted by molar-refractivity contribution is 5.94. The minimum atomic E-state index is 0.112. The van der Waals surface area contributed by atoms with Crippen LogP contribution < -0.4 is 4.90 Å². The SMILES string of the molecule is C#Cc1nc(N2CCCC2=O)cn1-c1ccccc1. The summed E-state index contributed by atoms with van der Waals surface area (Å²) in [5.41, 5.74) is 0.945. The lowest BCUT2D eigenvalue weighted by molar-refractivity contribution is -0.117. The third-order valence-electron chi connectivity index (χ3n) is 3.21. The maximum Gasteiger partial charge on any atom is 0.228 e. The smallest absolute Gasteiger partial charge is 0.228 e. The molecule has 1 fully saturated rings. The minimum Gasteiger partial charge on any atom is -0.295 e. The van der Waals surface area contributed by atoms with Crippen molar-refractivity contribution in [2.45, 2.75) is 12.8 Å². The van der Waals surface area contributed by atoms with Crippen molar-refractivity contribution in [1.82, 2.24) is 9.55 Å². The van der Waals surface area contributed by atoms with E-state index in [9.17, 15) is 4.79 Å². The van der Waals surface area contributed by atoms with Crippen LogP contribution in [0, 0.1) is 12.3 Å². The predicted molar refractivity (Wildman–Crippen MR) is 73.1 cm³/mol. The molecule has 94 valence electrons. The summed E-state index contributed by atoms with van der Waals surface area (Å²) >= 11 is 0. The first kappa shape index (κ1) is 11.5. The van der Waals surface area contributed by atoms with Crippen molar-refractivity contribution in [3.63, 3.8) is 0 Å². The second-order valence-electron chi connectivity index (χ2n) is 4.42. The molecule has 1 amide bonds. The molecule has 0 radical (unpaired) electrons. The van der Waals surface area contributed by atoms with E-state index in [4.69, 9.17) is 6.42 Å². The Kier molecular flexibility index (Phi) is 2.81. The zero-order chi connectivity index (χ0) is 13.2. The topological polar surface area (TPSA) is 38.1 Å². The molecule has 1 aromatic heterocycles. The Balaban J connectivity index is 2.05. The van der Waals surface area contributed by atoms with Crippen LogP contribution in [0.3, 0.4) is 0 Å². The summed E-state index contributed by atoms with van der Waals surface area (Å²) < 4.78 is 1.83. The molecule has 0 spiro atoms. The number of hydrogen-bond donors (Lipinski definition) is 0. The Morgan fingerprint density at radius 3 is 2.68 bits per heavy atom. The number of aromatic nitrogens is 2. The number of nitrogens with zero attached hydrogens (tertiary/aromatic N) is 3. The molecule has 0 saturated carbocycles. The van der Waals surface area contributed by atoms with Gasteiger partial charge in [-0.25, -0.2) is 4.98 Å². The van der Waals surface area contributed by atoms with E-state index in [1.807, 2.05) is 41.1 Å². The average molecular weight is 251 g/mol. The highest BCUT2D eigenvalue weighted by atomic mass is 16.2. The third kappa shape index (κ3) is 2.00. The van der Waals surface area contributed by atoms with Crippen molar-refractivity contribution in [2.24, 2.45) is 0 Å². The Labute approximate surface area is 111 Å². The standard InChI is InChI=1S/C15H13N3O/c1-2-13-16-14(17-10-6-9-15(17)19)11-18(13)12-7-4-3-5-8-12/h1,3-5,7-8,11H,6,9-10H2. The molecule has 1 aromatic carbocycles. The fourth-order valence-electron chi connectivity index (χ4n) is 2.28. The van der Waals surface area contributed by atoms with Gasteiger partial charge in [0.25, 0.3) is 0 Å². The number of carbonyl (C=O) groups excluding carboxylic acids is 1. The lowest BCUT2D eigenvalue weighted by Gasteiger charge is -2.10. The number of carbonyl (C=O) groups is 1. The average Bonchev–Trinajstić information content (AvgIpc) is 3.05. The molecular weight excluding hydrogens is 238 g/mol. The molecule has 4 nitrogen and oxygen atoms in total. The molecule has 0 bridgehead atoms. The van der Waals surface area contributed by atoms with Gasteiger partial charge >= 0.3 is 0 Å². The van der Waals surface area contributed by atoms with Crippen LogP contribution in [0.25, 0.3) is 5.69 Å². The molecule has 19 heavy (non-hydrogen) atoms. The van der Waals surface area contributed by atoms with Crippen molar-refractivity contribution in [3.05, 3.63) is 42.4 Å². The van der Waals surface area contributed by atoms with Gasteiger partial charge in [0.05, 0.1) is 6.20 Å². The van der Waals surface area contributed by atoms with Crippen molar-refractivity contribution in [2.75, 3.05) is 11.4 Å². The summed E-state index contributed by atoms with van der Waals surface area (Å²) in [6.07, 6.45) is 8.79. The second-order valence-corrected chi connectivity index (χ2v) is 4.42. The molecule has 0 unspecified atom stereocenters. The molecule has 1 saturated heterocycles. The predicted octanol–water partition coefficient (Wildman–Crippen LogP) is 1.98. The second kappa shape index (κ2) is 4.62. The fourth-order valence-corrected chi connectivity index (χ4v) is 2.28. The van der Waals surface area contributed by atoms with Crippen LogP contribution in [0.15, 0.2) is 36.5 Å². The van der Waals surface area contributed by atoms with Gasteiger partial charge in [-0.3, -0.25) is 14.3 Å². The summed E-state index contributed by atoms with van der Waals surface area (Å²) in [5.74, 6) is 3.83. The maximum atomic E-state index is 11.7. The largest absolute Gasteiger partial charge is 0.295 e. The van der Waals surface area contributed by atoms with E-state index in [1.165, 1.54) is 0 Å². The molecule has 0 N–H and O–H groups in total. The fraction of sp³-hybridized carbons (Fsp3) is 0.200. The number of benzene rings is 1. The van der Waals surface area contributed by atoms with Gasteiger partial charge in [0.2, 0.25) is 5.91 Å². The van der Waals surface area contributed by atoms with Crippen LogP contribution in [0.2, 0.25) is 0 Å². The summed E-state index contributed by atoms with van der Waals surface area (Å²) in [7, 11) is 0. The zero-order valence-corrected chi connectivity index (χ0v) is 10.4. The number of anilines is 1. The Morgan fingerprint density at radius 2 is 2.05 bits per heavy atom. The van der Waals surface area contributed by atoms with E-state index < -0.39 is 0 Å². The van der Waals surface area contributed by atoms with Gasteiger partial charge in [-0.15, -0.1) is 6.42 Å². The Hall–Kier alpha value is -2.54. The zero-order valence-electron chi connectivity index (χ0n) is 10.4. The summed E-state index contributed by atoms with van der Waals surface area (Å²) in [6.45, 7) is 0.717. The van der Waals surface area contributed by atoms with Gasteiger partial charge in [0.1, 0.15) is 0 Å². The van der Waals surface area contributed by atoms with Crippen LogP contribution in [-0.4, -0.2) is 22.0 Å². The summed E-state index contributed by atoms with van der Waals surface area (Å²) in [6, 6.07) is 9.74. The summed E-state index contributed by atoms with van der Waals surface area (Å²) in [5, 5.41) is 0. The van der Waals surface area contributed by atoms with Crippen LogP contribution >= 0.6 is 0 Å². The van der Waals surface area contributed by atoms with Gasteiger partial charge in [-0.2, -0.15) is 0 Å². The van der Waals surface area contributed by atoms with E-state index >= 15 is 0 Å². The lowest BCUT2D eigenvalue weighted by atomic mass is 10.3. The lowest BCUT2D eigenvalue weighted by Crippen LogP contribution is -2.23. The molecule has 0 atom stereocenters. The van der Waals surface area contributed by atoms with E-state index in [1.54, 1.807) is 4.90 Å². The van der Waals surface area contributed by atoms with Crippen molar-refractivity contribution in [3.8, 4) is 18.0 Å². The van der Waals surface area contributed by atoms with Crippen molar-refractivity contribution >= 4 is 11.7 Å². The highest BCUT2D eigenvalue weighted by Crippen LogP contribution is 2.22. The summed E-state index contributed by atoms with van der Waals surface area (Å²) in [4.78, 5) is 17.8. The van der Waals surface area contributed by atoms with Gasteiger partial charge in [-0.05, 0) is 24.5 Å². The molecule has 2 heterocycles. The highest BCUT2D eigenvalue weighted by Gasteiger charge is 2.24.